The molecule has 0 saturated carbocycles. The summed E-state index contributed by atoms with van der Waals surface area (Å²) in [7, 11) is 0. The Balaban J connectivity index is 2.16. The zero-order valence-corrected chi connectivity index (χ0v) is 11.0. The van der Waals surface area contributed by atoms with Crippen LogP contribution < -0.4 is 5.32 Å². The Morgan fingerprint density at radius 1 is 1.30 bits per heavy atom. The van der Waals surface area contributed by atoms with Crippen LogP contribution in [0, 0.1) is 0 Å². The van der Waals surface area contributed by atoms with Crippen molar-refractivity contribution in [2.45, 2.75) is 11.3 Å². The van der Waals surface area contributed by atoms with Crippen LogP contribution in [0.15, 0.2) is 28.3 Å². The second-order valence-electron chi connectivity index (χ2n) is 3.94. The van der Waals surface area contributed by atoms with E-state index in [1.807, 2.05) is 6.26 Å². The third-order valence-corrected chi connectivity index (χ3v) is 3.24. The van der Waals surface area contributed by atoms with E-state index in [9.17, 15) is 13.2 Å². The van der Waals surface area contributed by atoms with E-state index in [1.54, 1.807) is 0 Å². The van der Waals surface area contributed by atoms with Crippen LogP contribution in [0.1, 0.15) is 5.56 Å². The minimum Gasteiger partial charge on any atom is -0.344 e. The van der Waals surface area contributed by atoms with Crippen molar-refractivity contribution in [2.75, 3.05) is 11.6 Å². The Kier molecular flexibility index (Phi) is 2.93. The van der Waals surface area contributed by atoms with Gasteiger partial charge in [0.25, 0.3) is 5.95 Å². The first-order chi connectivity index (χ1) is 9.49. The molecule has 1 aliphatic heterocycles. The van der Waals surface area contributed by atoms with Crippen molar-refractivity contribution in [3.05, 3.63) is 23.8 Å². The number of hydrogen-bond donors (Lipinski definition) is 1. The van der Waals surface area contributed by atoms with Crippen molar-refractivity contribution < 1.29 is 13.2 Å². The van der Waals surface area contributed by atoms with Gasteiger partial charge in [0.15, 0.2) is 0 Å². The maximum absolute atomic E-state index is 12.7. The first-order valence-corrected chi connectivity index (χ1v) is 6.73. The molecule has 0 saturated heterocycles. The van der Waals surface area contributed by atoms with Crippen LogP contribution in [0.3, 0.4) is 0 Å². The fourth-order valence-corrected chi connectivity index (χ4v) is 2.13. The highest BCUT2D eigenvalue weighted by Gasteiger charge is 2.31. The maximum atomic E-state index is 12.7. The van der Waals surface area contributed by atoms with Gasteiger partial charge in [-0.2, -0.15) is 22.8 Å². The van der Waals surface area contributed by atoms with Crippen LogP contribution in [0.2, 0.25) is 0 Å². The number of fused-ring (bicyclic) bond motifs is 3. The van der Waals surface area contributed by atoms with Crippen molar-refractivity contribution in [3.8, 4) is 5.69 Å². The Morgan fingerprint density at radius 2 is 2.10 bits per heavy atom. The molecule has 0 atom stereocenters. The third-order valence-electron chi connectivity index (χ3n) is 2.71. The van der Waals surface area contributed by atoms with E-state index in [2.05, 4.69) is 20.4 Å². The number of halogens is 3. The van der Waals surface area contributed by atoms with Gasteiger partial charge < -0.3 is 5.32 Å². The van der Waals surface area contributed by atoms with E-state index in [0.717, 1.165) is 12.1 Å². The van der Waals surface area contributed by atoms with Crippen LogP contribution in [-0.2, 0) is 6.18 Å². The molecule has 1 N–H and O–H groups in total. The van der Waals surface area contributed by atoms with Crippen molar-refractivity contribution >= 4 is 29.7 Å². The number of nitrogens with one attached hydrogen (secondary N) is 1. The van der Waals surface area contributed by atoms with Gasteiger partial charge in [0.05, 0.1) is 23.3 Å². The lowest BCUT2D eigenvalue weighted by Crippen LogP contribution is -2.08. The van der Waals surface area contributed by atoms with Gasteiger partial charge in [-0.25, -0.2) is 4.99 Å². The first-order valence-electron chi connectivity index (χ1n) is 5.51. The summed E-state index contributed by atoms with van der Waals surface area (Å²) < 4.78 is 39.6. The summed E-state index contributed by atoms with van der Waals surface area (Å²) >= 11 is 1.33. The molecular weight excluding hydrogens is 291 g/mol. The van der Waals surface area contributed by atoms with Gasteiger partial charge in [0.1, 0.15) is 0 Å². The highest BCUT2D eigenvalue weighted by Crippen LogP contribution is 2.35. The molecule has 0 spiro atoms. The normalized spacial score (nSPS) is 13.4. The van der Waals surface area contributed by atoms with Crippen LogP contribution in [0.4, 0.5) is 24.8 Å². The number of aliphatic imine (C=N–C) groups is 1. The number of aromatic nitrogens is 3. The summed E-state index contributed by atoms with van der Waals surface area (Å²) in [5.74, 6) is 0.320. The van der Waals surface area contributed by atoms with E-state index >= 15 is 0 Å². The van der Waals surface area contributed by atoms with Crippen LogP contribution in [-0.4, -0.2) is 27.4 Å². The Morgan fingerprint density at radius 3 is 2.80 bits per heavy atom. The number of rotatable bonds is 1. The first kappa shape index (κ1) is 13.0. The molecule has 2 aromatic rings. The third kappa shape index (κ3) is 2.13. The SMILES string of the molecule is CSc1nc2n(n1)-c1ccc(C(F)(F)F)cc1NC=N2. The van der Waals surface area contributed by atoms with E-state index in [0.29, 0.717) is 16.8 Å². The van der Waals surface area contributed by atoms with Gasteiger partial charge in [-0.05, 0) is 24.5 Å². The van der Waals surface area contributed by atoms with Gasteiger partial charge in [-0.15, -0.1) is 5.10 Å². The van der Waals surface area contributed by atoms with Crippen molar-refractivity contribution in [2.24, 2.45) is 4.99 Å². The zero-order valence-electron chi connectivity index (χ0n) is 10.1. The molecule has 0 unspecified atom stereocenters. The second kappa shape index (κ2) is 4.51. The summed E-state index contributed by atoms with van der Waals surface area (Å²) in [6.07, 6.45) is -1.28. The number of hydrogen-bond acceptors (Lipinski definition) is 5. The zero-order chi connectivity index (χ0) is 14.3. The number of anilines is 1. The van der Waals surface area contributed by atoms with Crippen molar-refractivity contribution in [1.82, 2.24) is 14.8 Å². The smallest absolute Gasteiger partial charge is 0.344 e. The Labute approximate surface area is 115 Å². The van der Waals surface area contributed by atoms with Crippen molar-refractivity contribution in [1.29, 1.82) is 0 Å². The molecule has 0 bridgehead atoms. The summed E-state index contributed by atoms with van der Waals surface area (Å²) in [4.78, 5) is 8.17. The standard InChI is InChI=1S/C11H8F3N5S/c1-20-10-17-9-16-5-15-7-4-6(11(12,13)14)2-3-8(7)19(9)18-10/h2-5H,1H3,(H,15,16,17,18). The molecule has 20 heavy (non-hydrogen) atoms. The van der Waals surface area contributed by atoms with E-state index in [4.69, 9.17) is 0 Å². The molecule has 5 nitrogen and oxygen atoms in total. The number of thioether (sulfide) groups is 1. The van der Waals surface area contributed by atoms with Crippen molar-refractivity contribution in [3.63, 3.8) is 0 Å². The largest absolute Gasteiger partial charge is 0.416 e. The van der Waals surface area contributed by atoms with E-state index < -0.39 is 11.7 Å². The lowest BCUT2D eigenvalue weighted by Gasteiger charge is -2.11. The van der Waals surface area contributed by atoms with Crippen LogP contribution in [0.25, 0.3) is 5.69 Å². The molecule has 2 heterocycles. The molecule has 0 fully saturated rings. The highest BCUT2D eigenvalue weighted by molar-refractivity contribution is 7.98. The molecule has 0 aliphatic carbocycles. The molecule has 104 valence electrons. The molecule has 0 radical (unpaired) electrons. The average molecular weight is 299 g/mol. The summed E-state index contributed by atoms with van der Waals surface area (Å²) in [5.41, 5.74) is 0.0176. The summed E-state index contributed by atoms with van der Waals surface area (Å²) in [5, 5.41) is 7.41. The monoisotopic (exact) mass is 299 g/mol. The van der Waals surface area contributed by atoms with E-state index in [1.165, 1.54) is 28.8 Å². The topological polar surface area (TPSA) is 55.1 Å². The number of nitrogens with zero attached hydrogens (tertiary/aromatic N) is 4. The quantitative estimate of drug-likeness (QED) is 0.822. The van der Waals surface area contributed by atoms with Gasteiger partial charge in [-0.1, -0.05) is 11.8 Å². The van der Waals surface area contributed by atoms with Gasteiger partial charge >= 0.3 is 6.18 Å². The number of benzene rings is 1. The summed E-state index contributed by atoms with van der Waals surface area (Å²) in [6, 6.07) is 3.38. The lowest BCUT2D eigenvalue weighted by atomic mass is 10.1. The molecule has 1 aromatic carbocycles. The van der Waals surface area contributed by atoms with Gasteiger partial charge in [0.2, 0.25) is 5.16 Å². The predicted molar refractivity (Wildman–Crippen MR) is 69.9 cm³/mol. The Hall–Kier alpha value is -2.03. The fourth-order valence-electron chi connectivity index (χ4n) is 1.79. The van der Waals surface area contributed by atoms with Gasteiger partial charge in [0, 0.05) is 0 Å². The molecular formula is C11H8F3N5S. The minimum atomic E-state index is -4.39. The second-order valence-corrected chi connectivity index (χ2v) is 4.72. The molecule has 1 aliphatic rings. The highest BCUT2D eigenvalue weighted by atomic mass is 32.2. The molecule has 3 rings (SSSR count). The van der Waals surface area contributed by atoms with Crippen LogP contribution in [0.5, 0.6) is 0 Å². The molecule has 9 heteroatoms. The predicted octanol–water partition coefficient (Wildman–Crippen LogP) is 3.09. The van der Waals surface area contributed by atoms with E-state index in [-0.39, 0.29) is 5.69 Å². The minimum absolute atomic E-state index is 0.278. The summed E-state index contributed by atoms with van der Waals surface area (Å²) in [6.45, 7) is 0. The maximum Gasteiger partial charge on any atom is 0.416 e. The van der Waals surface area contributed by atoms with Gasteiger partial charge in [-0.3, -0.25) is 0 Å². The molecule has 1 aromatic heterocycles. The number of alkyl halides is 3. The lowest BCUT2D eigenvalue weighted by molar-refractivity contribution is -0.137. The fraction of sp³-hybridized carbons (Fsp3) is 0.182. The average Bonchev–Trinajstić information content (AvgIpc) is 2.73. The molecule has 0 amide bonds. The van der Waals surface area contributed by atoms with Crippen LogP contribution >= 0.6 is 11.8 Å². The Bertz CT molecular complexity index is 692.